The van der Waals surface area contributed by atoms with Gasteiger partial charge in [0.2, 0.25) is 0 Å². The molecule has 1 aromatic carbocycles. The highest BCUT2D eigenvalue weighted by molar-refractivity contribution is 6.31. The Morgan fingerprint density at radius 3 is 2.86 bits per heavy atom. The van der Waals surface area contributed by atoms with Crippen LogP contribution < -0.4 is 0 Å². The predicted octanol–water partition coefficient (Wildman–Crippen LogP) is 3.01. The average molecular weight is 321 g/mol. The second-order valence-corrected chi connectivity index (χ2v) is 6.52. The highest BCUT2D eigenvalue weighted by Gasteiger charge is 2.29. The maximum atomic E-state index is 13.9. The third-order valence-electron chi connectivity index (χ3n) is 4.43. The summed E-state index contributed by atoms with van der Waals surface area (Å²) in [6, 6.07) is 4.85. The van der Waals surface area contributed by atoms with Crippen molar-refractivity contribution in [3.8, 4) is 0 Å². The molecule has 1 aliphatic heterocycles. The first-order valence-electron chi connectivity index (χ1n) is 7.79. The first-order valence-corrected chi connectivity index (χ1v) is 8.17. The molecule has 0 unspecified atom stereocenters. The minimum Gasteiger partial charge on any atom is -0.297 e. The molecule has 2 aliphatic rings. The van der Waals surface area contributed by atoms with Crippen molar-refractivity contribution in [3.63, 3.8) is 0 Å². The molecule has 1 saturated carbocycles. The normalized spacial score (nSPS) is 19.0. The van der Waals surface area contributed by atoms with E-state index in [0.717, 1.165) is 37.7 Å². The molecule has 0 N–H and O–H groups in total. The molecule has 2 aromatic rings. The van der Waals surface area contributed by atoms with Crippen LogP contribution in [0.4, 0.5) is 4.39 Å². The van der Waals surface area contributed by atoms with Crippen LogP contribution in [0.3, 0.4) is 0 Å². The molecule has 0 atom stereocenters. The summed E-state index contributed by atoms with van der Waals surface area (Å²) in [5.41, 5.74) is 0.579. The van der Waals surface area contributed by atoms with Crippen molar-refractivity contribution in [2.24, 2.45) is 0 Å². The van der Waals surface area contributed by atoms with Crippen LogP contribution >= 0.6 is 11.6 Å². The Morgan fingerprint density at radius 2 is 2.09 bits per heavy atom. The van der Waals surface area contributed by atoms with Crippen LogP contribution in [-0.4, -0.2) is 32.8 Å². The summed E-state index contributed by atoms with van der Waals surface area (Å²) in [6.45, 7) is 3.03. The number of nitrogens with zero attached hydrogens (tertiary/aromatic N) is 4. The van der Waals surface area contributed by atoms with E-state index in [9.17, 15) is 4.39 Å². The van der Waals surface area contributed by atoms with Gasteiger partial charge in [-0.1, -0.05) is 17.7 Å². The fraction of sp³-hybridized carbons (Fsp3) is 0.500. The number of benzene rings is 1. The standard InChI is InChI=1S/C16H18ClFN4/c17-13-2-1-3-14(18)12(13)10-21-7-6-15-19-16(11-4-5-11)20-22(15)9-8-21/h1-3,11H,4-10H2. The zero-order chi connectivity index (χ0) is 15.1. The monoisotopic (exact) mass is 320 g/mol. The summed E-state index contributed by atoms with van der Waals surface area (Å²) in [5.74, 6) is 2.43. The van der Waals surface area contributed by atoms with E-state index in [2.05, 4.69) is 15.0 Å². The molecule has 0 spiro atoms. The third-order valence-corrected chi connectivity index (χ3v) is 4.78. The molecule has 0 radical (unpaired) electrons. The lowest BCUT2D eigenvalue weighted by atomic mass is 10.2. The molecular formula is C16H18ClFN4. The molecule has 1 aliphatic carbocycles. The Labute approximate surface area is 133 Å². The molecule has 4 nitrogen and oxygen atoms in total. The molecule has 22 heavy (non-hydrogen) atoms. The zero-order valence-electron chi connectivity index (χ0n) is 12.3. The number of aromatic nitrogens is 3. The molecular weight excluding hydrogens is 303 g/mol. The number of halogens is 2. The van der Waals surface area contributed by atoms with Gasteiger partial charge in [-0.2, -0.15) is 5.10 Å². The van der Waals surface area contributed by atoms with Crippen molar-refractivity contribution in [2.45, 2.75) is 38.3 Å². The fourth-order valence-corrected chi connectivity index (χ4v) is 3.17. The SMILES string of the molecule is Fc1cccc(Cl)c1CN1CCc2nc(C3CC3)nn2CC1. The van der Waals surface area contributed by atoms with Crippen LogP contribution in [0.25, 0.3) is 0 Å². The summed E-state index contributed by atoms with van der Waals surface area (Å²) in [7, 11) is 0. The lowest BCUT2D eigenvalue weighted by Gasteiger charge is -2.20. The number of hydrogen-bond acceptors (Lipinski definition) is 3. The summed E-state index contributed by atoms with van der Waals surface area (Å²) in [6.07, 6.45) is 3.30. The highest BCUT2D eigenvalue weighted by atomic mass is 35.5. The average Bonchev–Trinajstić information content (AvgIpc) is 3.29. The Hall–Kier alpha value is -1.46. The largest absolute Gasteiger partial charge is 0.297 e. The predicted molar refractivity (Wildman–Crippen MR) is 82.4 cm³/mol. The number of fused-ring (bicyclic) bond motifs is 1. The molecule has 1 aromatic heterocycles. The minimum absolute atomic E-state index is 0.233. The molecule has 6 heteroatoms. The first kappa shape index (κ1) is 14.2. The quantitative estimate of drug-likeness (QED) is 0.872. The minimum atomic E-state index is -0.233. The second kappa shape index (κ2) is 5.63. The zero-order valence-corrected chi connectivity index (χ0v) is 13.1. The topological polar surface area (TPSA) is 34.0 Å². The fourth-order valence-electron chi connectivity index (χ4n) is 2.94. The van der Waals surface area contributed by atoms with Crippen LogP contribution in [0.2, 0.25) is 5.02 Å². The molecule has 4 rings (SSSR count). The van der Waals surface area contributed by atoms with Crippen molar-refractivity contribution in [3.05, 3.63) is 46.3 Å². The highest BCUT2D eigenvalue weighted by Crippen LogP contribution is 2.38. The Kier molecular flexibility index (Phi) is 3.62. The second-order valence-electron chi connectivity index (χ2n) is 6.11. The van der Waals surface area contributed by atoms with E-state index in [-0.39, 0.29) is 5.82 Å². The van der Waals surface area contributed by atoms with Gasteiger partial charge >= 0.3 is 0 Å². The third kappa shape index (κ3) is 2.75. The van der Waals surface area contributed by atoms with Crippen molar-refractivity contribution in [2.75, 3.05) is 13.1 Å². The summed E-state index contributed by atoms with van der Waals surface area (Å²) in [4.78, 5) is 6.89. The lowest BCUT2D eigenvalue weighted by Crippen LogP contribution is -2.27. The van der Waals surface area contributed by atoms with E-state index in [1.807, 2.05) is 4.68 Å². The Morgan fingerprint density at radius 1 is 1.23 bits per heavy atom. The first-order chi connectivity index (χ1) is 10.7. The number of rotatable bonds is 3. The smallest absolute Gasteiger partial charge is 0.154 e. The van der Waals surface area contributed by atoms with E-state index >= 15 is 0 Å². The van der Waals surface area contributed by atoms with Gasteiger partial charge in [0.1, 0.15) is 11.6 Å². The maximum absolute atomic E-state index is 13.9. The molecule has 116 valence electrons. The van der Waals surface area contributed by atoms with Gasteiger partial charge in [0.05, 0.1) is 6.54 Å². The van der Waals surface area contributed by atoms with Crippen molar-refractivity contribution in [1.29, 1.82) is 0 Å². The van der Waals surface area contributed by atoms with E-state index in [1.54, 1.807) is 12.1 Å². The van der Waals surface area contributed by atoms with Gasteiger partial charge in [0, 0.05) is 42.6 Å². The van der Waals surface area contributed by atoms with Crippen LogP contribution in [0.5, 0.6) is 0 Å². The van der Waals surface area contributed by atoms with Gasteiger partial charge in [-0.05, 0) is 25.0 Å². The van der Waals surface area contributed by atoms with Crippen LogP contribution in [-0.2, 0) is 19.5 Å². The molecule has 1 fully saturated rings. The molecule has 0 saturated heterocycles. The van der Waals surface area contributed by atoms with Crippen molar-refractivity contribution in [1.82, 2.24) is 19.7 Å². The maximum Gasteiger partial charge on any atom is 0.154 e. The summed E-state index contributed by atoms with van der Waals surface area (Å²) >= 11 is 6.12. The van der Waals surface area contributed by atoms with Crippen LogP contribution in [0, 0.1) is 5.82 Å². The summed E-state index contributed by atoms with van der Waals surface area (Å²) in [5, 5.41) is 5.12. The van der Waals surface area contributed by atoms with E-state index in [4.69, 9.17) is 11.6 Å². The summed E-state index contributed by atoms with van der Waals surface area (Å²) < 4.78 is 15.9. The van der Waals surface area contributed by atoms with Gasteiger partial charge < -0.3 is 0 Å². The van der Waals surface area contributed by atoms with E-state index in [1.165, 1.54) is 18.9 Å². The molecule has 2 heterocycles. The van der Waals surface area contributed by atoms with Gasteiger partial charge in [0.15, 0.2) is 5.82 Å². The van der Waals surface area contributed by atoms with E-state index < -0.39 is 0 Å². The molecule has 0 amide bonds. The van der Waals surface area contributed by atoms with Gasteiger partial charge in [0.25, 0.3) is 0 Å². The van der Waals surface area contributed by atoms with Crippen LogP contribution in [0.15, 0.2) is 18.2 Å². The van der Waals surface area contributed by atoms with Gasteiger partial charge in [-0.15, -0.1) is 0 Å². The van der Waals surface area contributed by atoms with Gasteiger partial charge in [-0.3, -0.25) is 4.90 Å². The Bertz CT molecular complexity index is 650. The number of hydrogen-bond donors (Lipinski definition) is 0. The van der Waals surface area contributed by atoms with E-state index in [0.29, 0.717) is 23.0 Å². The van der Waals surface area contributed by atoms with Crippen molar-refractivity contribution >= 4 is 11.6 Å². The van der Waals surface area contributed by atoms with Gasteiger partial charge in [-0.25, -0.2) is 14.1 Å². The van der Waals surface area contributed by atoms with Crippen molar-refractivity contribution < 1.29 is 4.39 Å². The lowest BCUT2D eigenvalue weighted by molar-refractivity contribution is 0.265. The Balaban J connectivity index is 1.47. The molecule has 0 bridgehead atoms. The van der Waals surface area contributed by atoms with Crippen LogP contribution in [0.1, 0.15) is 36.0 Å².